The number of nitrogens with one attached hydrogen (secondary N) is 1. The second-order valence-electron chi connectivity index (χ2n) is 6.59. The lowest BCUT2D eigenvalue weighted by Gasteiger charge is -2.20. The summed E-state index contributed by atoms with van der Waals surface area (Å²) in [5.74, 6) is 0.619. The average molecular weight is 323 g/mol. The zero-order valence-electron chi connectivity index (χ0n) is 13.1. The Morgan fingerprint density at radius 1 is 1.14 bits per heavy atom. The van der Waals surface area contributed by atoms with Crippen molar-refractivity contribution in [2.75, 3.05) is 6.54 Å². The second kappa shape index (κ2) is 7.98. The van der Waals surface area contributed by atoms with Crippen molar-refractivity contribution in [2.45, 2.75) is 57.4 Å². The van der Waals surface area contributed by atoms with E-state index in [2.05, 4.69) is 23.5 Å². The number of fused-ring (bicyclic) bond motifs is 1. The summed E-state index contributed by atoms with van der Waals surface area (Å²) in [7, 11) is 0. The molecular weight excluding hydrogens is 296 g/mol. The molecule has 2 unspecified atom stereocenters. The third-order valence-electron chi connectivity index (χ3n) is 5.09. The molecule has 1 aromatic rings. The summed E-state index contributed by atoms with van der Waals surface area (Å²) in [6, 6.07) is 6.87. The smallest absolute Gasteiger partial charge is 0.224 e. The summed E-state index contributed by atoms with van der Waals surface area (Å²) < 4.78 is 0. The fourth-order valence-corrected chi connectivity index (χ4v) is 3.85. The standard InChI is InChI=1S/C18H26N2O.ClH/c19-12-16-6-3-7-17(16)20-18(21)11-13-8-9-14-4-1-2-5-15(14)10-13;/h8-10,16-17H,1-7,11-12,19H2,(H,20,21);1H. The van der Waals surface area contributed by atoms with Crippen LogP contribution in [-0.4, -0.2) is 18.5 Å². The van der Waals surface area contributed by atoms with Crippen LogP contribution in [0.1, 0.15) is 48.8 Å². The lowest BCUT2D eigenvalue weighted by molar-refractivity contribution is -0.121. The number of hydrogen-bond donors (Lipinski definition) is 2. The highest BCUT2D eigenvalue weighted by Crippen LogP contribution is 2.25. The first-order chi connectivity index (χ1) is 10.3. The number of hydrogen-bond acceptors (Lipinski definition) is 2. The molecule has 0 spiro atoms. The van der Waals surface area contributed by atoms with E-state index in [1.54, 1.807) is 0 Å². The molecule has 3 rings (SSSR count). The number of benzene rings is 1. The van der Waals surface area contributed by atoms with Gasteiger partial charge in [-0.3, -0.25) is 4.79 Å². The van der Waals surface area contributed by atoms with E-state index in [1.807, 2.05) is 0 Å². The van der Waals surface area contributed by atoms with E-state index >= 15 is 0 Å². The maximum absolute atomic E-state index is 12.2. The summed E-state index contributed by atoms with van der Waals surface area (Å²) in [6.45, 7) is 0.684. The van der Waals surface area contributed by atoms with Gasteiger partial charge < -0.3 is 11.1 Å². The van der Waals surface area contributed by atoms with Crippen LogP contribution < -0.4 is 11.1 Å². The molecule has 4 heteroatoms. The maximum atomic E-state index is 12.2. The van der Waals surface area contributed by atoms with E-state index < -0.39 is 0 Å². The predicted octanol–water partition coefficient (Wildman–Crippen LogP) is 2.77. The molecule has 0 radical (unpaired) electrons. The molecule has 0 saturated heterocycles. The fourth-order valence-electron chi connectivity index (χ4n) is 3.85. The summed E-state index contributed by atoms with van der Waals surface area (Å²) >= 11 is 0. The number of halogens is 1. The molecule has 0 bridgehead atoms. The van der Waals surface area contributed by atoms with Gasteiger partial charge in [0.15, 0.2) is 0 Å². The van der Waals surface area contributed by atoms with Crippen molar-refractivity contribution < 1.29 is 4.79 Å². The molecular formula is C18H27ClN2O. The number of aryl methyl sites for hydroxylation is 2. The van der Waals surface area contributed by atoms with Crippen LogP contribution in [0, 0.1) is 5.92 Å². The molecule has 1 fully saturated rings. The number of carbonyl (C=O) groups excluding carboxylic acids is 1. The van der Waals surface area contributed by atoms with Crippen molar-refractivity contribution in [2.24, 2.45) is 11.7 Å². The van der Waals surface area contributed by atoms with E-state index in [0.29, 0.717) is 24.9 Å². The molecule has 1 saturated carbocycles. The van der Waals surface area contributed by atoms with E-state index in [0.717, 1.165) is 18.4 Å². The van der Waals surface area contributed by atoms with Crippen molar-refractivity contribution in [3.8, 4) is 0 Å². The molecule has 0 heterocycles. The van der Waals surface area contributed by atoms with Gasteiger partial charge in [0.05, 0.1) is 6.42 Å². The van der Waals surface area contributed by atoms with Gasteiger partial charge >= 0.3 is 0 Å². The molecule has 22 heavy (non-hydrogen) atoms. The van der Waals surface area contributed by atoms with Crippen LogP contribution in [0.2, 0.25) is 0 Å². The van der Waals surface area contributed by atoms with Crippen molar-refractivity contribution >= 4 is 18.3 Å². The second-order valence-corrected chi connectivity index (χ2v) is 6.59. The first-order valence-electron chi connectivity index (χ1n) is 8.36. The van der Waals surface area contributed by atoms with Crippen molar-refractivity contribution in [1.29, 1.82) is 0 Å². The zero-order chi connectivity index (χ0) is 14.7. The third kappa shape index (κ3) is 4.02. The average Bonchev–Trinajstić information content (AvgIpc) is 2.94. The molecule has 2 atom stereocenters. The molecule has 1 amide bonds. The van der Waals surface area contributed by atoms with Crippen molar-refractivity contribution in [3.63, 3.8) is 0 Å². The van der Waals surface area contributed by atoms with Gasteiger partial charge in [-0.15, -0.1) is 12.4 Å². The van der Waals surface area contributed by atoms with Crippen molar-refractivity contribution in [1.82, 2.24) is 5.32 Å². The highest BCUT2D eigenvalue weighted by atomic mass is 35.5. The summed E-state index contributed by atoms with van der Waals surface area (Å²) in [5.41, 5.74) is 9.85. The Kier molecular flexibility index (Phi) is 6.27. The number of carbonyl (C=O) groups is 1. The molecule has 3 nitrogen and oxygen atoms in total. The number of nitrogens with two attached hydrogens (primary N) is 1. The van der Waals surface area contributed by atoms with Crippen LogP contribution in [-0.2, 0) is 24.1 Å². The largest absolute Gasteiger partial charge is 0.353 e. The molecule has 122 valence electrons. The Balaban J connectivity index is 0.00000176. The Labute approximate surface area is 139 Å². The van der Waals surface area contributed by atoms with Gasteiger partial charge in [-0.1, -0.05) is 24.6 Å². The van der Waals surface area contributed by atoms with Gasteiger partial charge in [0.25, 0.3) is 0 Å². The van der Waals surface area contributed by atoms with E-state index in [4.69, 9.17) is 5.73 Å². The van der Waals surface area contributed by atoms with E-state index in [1.165, 1.54) is 43.2 Å². The zero-order valence-corrected chi connectivity index (χ0v) is 14.0. The Bertz CT molecular complexity index is 518. The van der Waals surface area contributed by atoms with E-state index in [-0.39, 0.29) is 18.3 Å². The molecule has 2 aliphatic rings. The first-order valence-corrected chi connectivity index (χ1v) is 8.36. The quantitative estimate of drug-likeness (QED) is 0.895. The minimum atomic E-state index is 0. The summed E-state index contributed by atoms with van der Waals surface area (Å²) in [5, 5.41) is 3.19. The Hall–Kier alpha value is -1.06. The van der Waals surface area contributed by atoms with Crippen molar-refractivity contribution in [3.05, 3.63) is 34.9 Å². The molecule has 3 N–H and O–H groups in total. The lowest BCUT2D eigenvalue weighted by atomic mass is 9.90. The van der Waals surface area contributed by atoms with Gasteiger partial charge in [-0.2, -0.15) is 0 Å². The number of amides is 1. The van der Waals surface area contributed by atoms with Crippen LogP contribution in [0.3, 0.4) is 0 Å². The highest BCUT2D eigenvalue weighted by molar-refractivity contribution is 5.85. The lowest BCUT2D eigenvalue weighted by Crippen LogP contribution is -2.40. The summed E-state index contributed by atoms with van der Waals surface area (Å²) in [6.07, 6.45) is 8.87. The highest BCUT2D eigenvalue weighted by Gasteiger charge is 2.27. The van der Waals surface area contributed by atoms with Crippen LogP contribution in [0.25, 0.3) is 0 Å². The van der Waals surface area contributed by atoms with Gasteiger partial charge in [-0.25, -0.2) is 0 Å². The van der Waals surface area contributed by atoms with E-state index in [9.17, 15) is 4.79 Å². The Morgan fingerprint density at radius 3 is 2.68 bits per heavy atom. The fraction of sp³-hybridized carbons (Fsp3) is 0.611. The van der Waals surface area contributed by atoms with Gasteiger partial charge in [-0.05, 0) is 67.7 Å². The molecule has 0 aromatic heterocycles. The van der Waals surface area contributed by atoms with Gasteiger partial charge in [0.1, 0.15) is 0 Å². The normalized spacial score (nSPS) is 23.5. The maximum Gasteiger partial charge on any atom is 0.224 e. The Morgan fingerprint density at radius 2 is 1.91 bits per heavy atom. The first kappa shape index (κ1) is 17.3. The van der Waals surface area contributed by atoms with Crippen LogP contribution >= 0.6 is 12.4 Å². The predicted molar refractivity (Wildman–Crippen MR) is 92.4 cm³/mol. The summed E-state index contributed by atoms with van der Waals surface area (Å²) in [4.78, 5) is 12.2. The van der Waals surface area contributed by atoms with Crippen LogP contribution in [0.15, 0.2) is 18.2 Å². The topological polar surface area (TPSA) is 55.1 Å². The number of rotatable bonds is 4. The van der Waals surface area contributed by atoms with Crippen LogP contribution in [0.5, 0.6) is 0 Å². The monoisotopic (exact) mass is 322 g/mol. The van der Waals surface area contributed by atoms with Gasteiger partial charge in [0, 0.05) is 6.04 Å². The van der Waals surface area contributed by atoms with Crippen LogP contribution in [0.4, 0.5) is 0 Å². The minimum absolute atomic E-state index is 0. The van der Waals surface area contributed by atoms with Gasteiger partial charge in [0.2, 0.25) is 5.91 Å². The molecule has 1 aromatic carbocycles. The third-order valence-corrected chi connectivity index (χ3v) is 5.09. The molecule has 2 aliphatic carbocycles. The SMILES string of the molecule is Cl.NCC1CCCC1NC(=O)Cc1ccc2c(c1)CCCC2. The minimum Gasteiger partial charge on any atom is -0.353 e. The molecule has 0 aliphatic heterocycles.